The summed E-state index contributed by atoms with van der Waals surface area (Å²) in [6.45, 7) is 4.53. The summed E-state index contributed by atoms with van der Waals surface area (Å²) in [7, 11) is 1.65. The fourth-order valence-corrected chi connectivity index (χ4v) is 1.73. The van der Waals surface area contributed by atoms with Gasteiger partial charge in [0.2, 0.25) is 0 Å². The summed E-state index contributed by atoms with van der Waals surface area (Å²) in [4.78, 5) is 8.67. The van der Waals surface area contributed by atoms with Crippen molar-refractivity contribution in [3.63, 3.8) is 0 Å². The van der Waals surface area contributed by atoms with Crippen LogP contribution in [0.15, 0.2) is 6.07 Å². The molecule has 0 saturated heterocycles. The van der Waals surface area contributed by atoms with Crippen molar-refractivity contribution in [3.05, 3.63) is 23.3 Å². The second kappa shape index (κ2) is 6.03. The highest BCUT2D eigenvalue weighted by molar-refractivity contribution is 6.20. The van der Waals surface area contributed by atoms with Gasteiger partial charge < -0.3 is 4.74 Å². The van der Waals surface area contributed by atoms with Gasteiger partial charge in [0.15, 0.2) is 0 Å². The lowest BCUT2D eigenvalue weighted by atomic mass is 10.2. The minimum atomic E-state index is -0.0194. The number of methoxy groups -OCH3 is 1. The quantitative estimate of drug-likeness (QED) is 0.725. The highest BCUT2D eigenvalue weighted by atomic mass is 35.5. The molecule has 15 heavy (non-hydrogen) atoms. The van der Waals surface area contributed by atoms with Gasteiger partial charge in [-0.1, -0.05) is 6.92 Å². The van der Waals surface area contributed by atoms with Gasteiger partial charge in [0.05, 0.1) is 12.0 Å². The van der Waals surface area contributed by atoms with E-state index in [4.69, 9.17) is 16.3 Å². The zero-order valence-corrected chi connectivity index (χ0v) is 10.2. The van der Waals surface area contributed by atoms with E-state index in [0.717, 1.165) is 30.1 Å². The van der Waals surface area contributed by atoms with E-state index in [1.54, 1.807) is 7.11 Å². The molecular weight excluding hydrogens is 212 g/mol. The molecule has 84 valence electrons. The van der Waals surface area contributed by atoms with Gasteiger partial charge in [-0.05, 0) is 19.4 Å². The Hall–Kier alpha value is -0.670. The molecular formula is C11H17ClN2O. The molecule has 3 nitrogen and oxygen atoms in total. The van der Waals surface area contributed by atoms with E-state index in [1.807, 2.05) is 13.0 Å². The van der Waals surface area contributed by atoms with Crippen LogP contribution in [0.25, 0.3) is 0 Å². The number of nitrogens with zero attached hydrogens (tertiary/aromatic N) is 2. The molecule has 4 heteroatoms. The monoisotopic (exact) mass is 228 g/mol. The molecule has 1 rings (SSSR count). The van der Waals surface area contributed by atoms with Crippen LogP contribution in [0.1, 0.15) is 24.1 Å². The summed E-state index contributed by atoms with van der Waals surface area (Å²) in [5.74, 6) is 0.811. The zero-order chi connectivity index (χ0) is 11.3. The minimum absolute atomic E-state index is 0.0194. The lowest BCUT2D eigenvalue weighted by Gasteiger charge is -2.09. The van der Waals surface area contributed by atoms with E-state index >= 15 is 0 Å². The Balaban J connectivity index is 2.71. The highest BCUT2D eigenvalue weighted by Crippen LogP contribution is 2.08. The molecule has 0 bridgehead atoms. The van der Waals surface area contributed by atoms with Crippen molar-refractivity contribution in [1.82, 2.24) is 9.97 Å². The van der Waals surface area contributed by atoms with Gasteiger partial charge >= 0.3 is 0 Å². The summed E-state index contributed by atoms with van der Waals surface area (Å²) >= 11 is 6.08. The summed E-state index contributed by atoms with van der Waals surface area (Å²) in [6.07, 6.45) is 1.65. The lowest BCUT2D eigenvalue weighted by molar-refractivity contribution is 0.197. The maximum absolute atomic E-state index is 6.08. The Morgan fingerprint density at radius 1 is 1.40 bits per heavy atom. The maximum atomic E-state index is 6.08. The molecule has 0 aliphatic heterocycles. The van der Waals surface area contributed by atoms with Crippen molar-refractivity contribution in [2.24, 2.45) is 0 Å². The Kier molecular flexibility index (Phi) is 4.99. The van der Waals surface area contributed by atoms with Crippen molar-refractivity contribution in [3.8, 4) is 0 Å². The van der Waals surface area contributed by atoms with E-state index in [2.05, 4.69) is 16.9 Å². The van der Waals surface area contributed by atoms with Crippen molar-refractivity contribution in [1.29, 1.82) is 0 Å². The molecule has 0 aromatic carbocycles. The van der Waals surface area contributed by atoms with Crippen molar-refractivity contribution < 1.29 is 4.74 Å². The van der Waals surface area contributed by atoms with Crippen LogP contribution >= 0.6 is 11.6 Å². The molecule has 0 N–H and O–H groups in total. The first kappa shape index (κ1) is 12.4. The van der Waals surface area contributed by atoms with E-state index in [0.29, 0.717) is 6.61 Å². The number of alkyl halides is 1. The van der Waals surface area contributed by atoms with Gasteiger partial charge in [0.25, 0.3) is 0 Å². The molecule has 1 unspecified atom stereocenters. The Morgan fingerprint density at radius 2 is 2.07 bits per heavy atom. The van der Waals surface area contributed by atoms with Crippen LogP contribution in [0.5, 0.6) is 0 Å². The second-order valence-corrected chi connectivity index (χ2v) is 4.13. The highest BCUT2D eigenvalue weighted by Gasteiger charge is 2.08. The third kappa shape index (κ3) is 4.14. The largest absolute Gasteiger partial charge is 0.383 e. The van der Waals surface area contributed by atoms with Crippen LogP contribution < -0.4 is 0 Å². The summed E-state index contributed by atoms with van der Waals surface area (Å²) in [5.41, 5.74) is 2.06. The first-order chi connectivity index (χ1) is 7.15. The topological polar surface area (TPSA) is 35.0 Å². The van der Waals surface area contributed by atoms with Crippen LogP contribution in [0, 0.1) is 6.92 Å². The number of hydrogen-bond acceptors (Lipinski definition) is 3. The molecule has 0 amide bonds. The SMILES string of the molecule is CCc1cc(CC(Cl)COC)nc(C)n1. The van der Waals surface area contributed by atoms with E-state index < -0.39 is 0 Å². The Morgan fingerprint density at radius 3 is 2.67 bits per heavy atom. The molecule has 0 spiro atoms. The van der Waals surface area contributed by atoms with Crippen molar-refractivity contribution in [2.75, 3.05) is 13.7 Å². The summed E-state index contributed by atoms with van der Waals surface area (Å²) in [5, 5.41) is -0.0194. The van der Waals surface area contributed by atoms with Crippen LogP contribution in [0.4, 0.5) is 0 Å². The normalized spacial score (nSPS) is 12.8. The molecule has 0 radical (unpaired) electrons. The first-order valence-electron chi connectivity index (χ1n) is 5.12. The Bertz CT molecular complexity index is 317. The van der Waals surface area contributed by atoms with Gasteiger partial charge in [-0.2, -0.15) is 0 Å². The maximum Gasteiger partial charge on any atom is 0.125 e. The van der Waals surface area contributed by atoms with E-state index in [9.17, 15) is 0 Å². The fourth-order valence-electron chi connectivity index (χ4n) is 1.45. The first-order valence-corrected chi connectivity index (χ1v) is 5.55. The van der Waals surface area contributed by atoms with Gasteiger partial charge in [0, 0.05) is 24.9 Å². The predicted octanol–water partition coefficient (Wildman–Crippen LogP) is 2.14. The standard InChI is InChI=1S/C11H17ClN2O/c1-4-10-6-11(14-8(2)13-10)5-9(12)7-15-3/h6,9H,4-5,7H2,1-3H3. The molecule has 1 heterocycles. The van der Waals surface area contributed by atoms with E-state index in [1.165, 1.54) is 0 Å². The van der Waals surface area contributed by atoms with Crippen LogP contribution in [-0.4, -0.2) is 29.1 Å². The molecule has 0 aliphatic carbocycles. The third-order valence-corrected chi connectivity index (χ3v) is 2.36. The lowest BCUT2D eigenvalue weighted by Crippen LogP contribution is -2.12. The average Bonchev–Trinajstić information content (AvgIpc) is 2.17. The molecule has 1 aromatic heterocycles. The summed E-state index contributed by atoms with van der Waals surface area (Å²) < 4.78 is 4.99. The smallest absolute Gasteiger partial charge is 0.125 e. The minimum Gasteiger partial charge on any atom is -0.383 e. The number of rotatable bonds is 5. The molecule has 0 saturated carbocycles. The molecule has 0 aliphatic rings. The van der Waals surface area contributed by atoms with Gasteiger partial charge in [-0.3, -0.25) is 0 Å². The van der Waals surface area contributed by atoms with Crippen molar-refractivity contribution in [2.45, 2.75) is 32.1 Å². The zero-order valence-electron chi connectivity index (χ0n) is 9.46. The van der Waals surface area contributed by atoms with E-state index in [-0.39, 0.29) is 5.38 Å². The van der Waals surface area contributed by atoms with Gasteiger partial charge in [-0.25, -0.2) is 9.97 Å². The number of halogens is 1. The Labute approximate surface area is 95.8 Å². The van der Waals surface area contributed by atoms with Crippen LogP contribution in [0.2, 0.25) is 0 Å². The molecule has 1 atom stereocenters. The molecule has 0 fully saturated rings. The number of aromatic nitrogens is 2. The number of ether oxygens (including phenoxy) is 1. The average molecular weight is 229 g/mol. The molecule has 1 aromatic rings. The van der Waals surface area contributed by atoms with Crippen LogP contribution in [-0.2, 0) is 17.6 Å². The fraction of sp³-hybridized carbons (Fsp3) is 0.636. The van der Waals surface area contributed by atoms with Crippen molar-refractivity contribution >= 4 is 11.6 Å². The summed E-state index contributed by atoms with van der Waals surface area (Å²) in [6, 6.07) is 2.01. The van der Waals surface area contributed by atoms with Gasteiger partial charge in [-0.15, -0.1) is 11.6 Å². The number of aryl methyl sites for hydroxylation is 2. The van der Waals surface area contributed by atoms with Gasteiger partial charge in [0.1, 0.15) is 5.82 Å². The second-order valence-electron chi connectivity index (χ2n) is 3.51. The number of hydrogen-bond donors (Lipinski definition) is 0. The predicted molar refractivity (Wildman–Crippen MR) is 61.4 cm³/mol. The third-order valence-electron chi connectivity index (χ3n) is 2.08. The van der Waals surface area contributed by atoms with Crippen LogP contribution in [0.3, 0.4) is 0 Å².